The molecular weight excluding hydrogens is 266 g/mol. The van der Waals surface area contributed by atoms with Crippen molar-refractivity contribution in [2.75, 3.05) is 27.8 Å². The molecule has 0 radical (unpaired) electrons. The SMILES string of the molecule is CCC(C)(C(O)c1c(Cl)cnn1CCOC)N(C)C. The summed E-state index contributed by atoms with van der Waals surface area (Å²) in [4.78, 5) is 2.02. The zero-order valence-corrected chi connectivity index (χ0v) is 13.1. The molecule has 0 spiro atoms. The number of aliphatic hydroxyl groups excluding tert-OH is 1. The van der Waals surface area contributed by atoms with Gasteiger partial charge in [0.15, 0.2) is 0 Å². The number of ether oxygens (including phenoxy) is 1. The first-order chi connectivity index (χ1) is 8.88. The summed E-state index contributed by atoms with van der Waals surface area (Å²) in [6, 6.07) is 0. The van der Waals surface area contributed by atoms with E-state index in [-0.39, 0.29) is 0 Å². The Kier molecular flexibility index (Phi) is 5.80. The van der Waals surface area contributed by atoms with Crippen LogP contribution >= 0.6 is 11.6 Å². The lowest BCUT2D eigenvalue weighted by Crippen LogP contribution is -2.46. The van der Waals surface area contributed by atoms with E-state index in [2.05, 4.69) is 5.10 Å². The van der Waals surface area contributed by atoms with E-state index in [0.717, 1.165) is 6.42 Å². The maximum Gasteiger partial charge on any atom is 0.115 e. The Morgan fingerprint density at radius 1 is 1.58 bits per heavy atom. The van der Waals surface area contributed by atoms with Gasteiger partial charge in [0.1, 0.15) is 6.10 Å². The molecule has 0 fully saturated rings. The second-order valence-electron chi connectivity index (χ2n) is 5.10. The third-order valence-electron chi connectivity index (χ3n) is 3.93. The summed E-state index contributed by atoms with van der Waals surface area (Å²) in [7, 11) is 5.55. The molecule has 0 aliphatic heterocycles. The molecule has 2 atom stereocenters. The normalized spacial score (nSPS) is 16.6. The highest BCUT2D eigenvalue weighted by Gasteiger charge is 2.37. The van der Waals surface area contributed by atoms with Crippen LogP contribution in [0, 0.1) is 0 Å². The van der Waals surface area contributed by atoms with Crippen LogP contribution in [0.5, 0.6) is 0 Å². The molecule has 0 saturated heterocycles. The molecular formula is C13H24ClN3O2. The number of hydrogen-bond acceptors (Lipinski definition) is 4. The monoisotopic (exact) mass is 289 g/mol. The number of likely N-dealkylation sites (N-methyl/N-ethyl adjacent to an activating group) is 1. The lowest BCUT2D eigenvalue weighted by atomic mass is 9.88. The number of rotatable bonds is 7. The summed E-state index contributed by atoms with van der Waals surface area (Å²) >= 11 is 6.18. The fourth-order valence-electron chi connectivity index (χ4n) is 2.05. The maximum absolute atomic E-state index is 10.7. The van der Waals surface area contributed by atoms with Gasteiger partial charge < -0.3 is 14.7 Å². The average molecular weight is 290 g/mol. The molecule has 0 amide bonds. The lowest BCUT2D eigenvalue weighted by Gasteiger charge is -2.40. The zero-order chi connectivity index (χ0) is 14.6. The molecule has 6 heteroatoms. The van der Waals surface area contributed by atoms with Crippen molar-refractivity contribution in [3.63, 3.8) is 0 Å². The maximum atomic E-state index is 10.7. The van der Waals surface area contributed by atoms with Crippen molar-refractivity contribution >= 4 is 11.6 Å². The van der Waals surface area contributed by atoms with Crippen LogP contribution in [0.4, 0.5) is 0 Å². The van der Waals surface area contributed by atoms with Gasteiger partial charge in [0, 0.05) is 12.6 Å². The van der Waals surface area contributed by atoms with Crippen molar-refractivity contribution in [1.29, 1.82) is 0 Å². The Morgan fingerprint density at radius 2 is 2.21 bits per heavy atom. The summed E-state index contributed by atoms with van der Waals surface area (Å²) in [5.41, 5.74) is 0.255. The smallest absolute Gasteiger partial charge is 0.115 e. The second kappa shape index (κ2) is 6.70. The molecule has 1 rings (SSSR count). The second-order valence-corrected chi connectivity index (χ2v) is 5.51. The number of nitrogens with zero attached hydrogens (tertiary/aromatic N) is 3. The topological polar surface area (TPSA) is 50.5 Å². The van der Waals surface area contributed by atoms with Gasteiger partial charge in [0.25, 0.3) is 0 Å². The van der Waals surface area contributed by atoms with Crippen molar-refractivity contribution in [3.05, 3.63) is 16.9 Å². The zero-order valence-electron chi connectivity index (χ0n) is 12.4. The van der Waals surface area contributed by atoms with Crippen LogP contribution in [0.2, 0.25) is 5.02 Å². The summed E-state index contributed by atoms with van der Waals surface area (Å²) < 4.78 is 6.77. The van der Waals surface area contributed by atoms with Gasteiger partial charge in [0.05, 0.1) is 30.1 Å². The third-order valence-corrected chi connectivity index (χ3v) is 4.22. The first-order valence-electron chi connectivity index (χ1n) is 6.44. The molecule has 0 aliphatic rings. The van der Waals surface area contributed by atoms with Crippen LogP contribution in [-0.4, -0.2) is 53.1 Å². The molecule has 1 aromatic rings. The predicted molar refractivity (Wildman–Crippen MR) is 76.5 cm³/mol. The Hall–Kier alpha value is -0.620. The molecule has 0 saturated carbocycles. The number of aliphatic hydroxyl groups is 1. The minimum absolute atomic E-state index is 0.394. The van der Waals surface area contributed by atoms with E-state index in [4.69, 9.17) is 16.3 Å². The van der Waals surface area contributed by atoms with Crippen molar-refractivity contribution in [2.45, 2.75) is 38.5 Å². The molecule has 1 aromatic heterocycles. The molecule has 1 N–H and O–H groups in total. The largest absolute Gasteiger partial charge is 0.385 e. The van der Waals surface area contributed by atoms with Crippen molar-refractivity contribution in [1.82, 2.24) is 14.7 Å². The van der Waals surface area contributed by atoms with E-state index in [9.17, 15) is 5.11 Å². The quantitative estimate of drug-likeness (QED) is 0.833. The van der Waals surface area contributed by atoms with Gasteiger partial charge in [-0.3, -0.25) is 4.68 Å². The van der Waals surface area contributed by atoms with Crippen LogP contribution in [0.15, 0.2) is 6.20 Å². The lowest BCUT2D eigenvalue weighted by molar-refractivity contribution is -0.00500. The van der Waals surface area contributed by atoms with Crippen LogP contribution in [0.3, 0.4) is 0 Å². The van der Waals surface area contributed by atoms with Crippen molar-refractivity contribution in [2.24, 2.45) is 0 Å². The van der Waals surface area contributed by atoms with E-state index in [0.29, 0.717) is 23.9 Å². The summed E-state index contributed by atoms with van der Waals surface area (Å²) in [5, 5.41) is 15.4. The minimum atomic E-state index is -0.709. The minimum Gasteiger partial charge on any atom is -0.385 e. The molecule has 0 aliphatic carbocycles. The molecule has 1 heterocycles. The van der Waals surface area contributed by atoms with Crippen molar-refractivity contribution < 1.29 is 9.84 Å². The van der Waals surface area contributed by atoms with Gasteiger partial charge in [0.2, 0.25) is 0 Å². The third kappa shape index (κ3) is 3.28. The molecule has 19 heavy (non-hydrogen) atoms. The molecule has 5 nitrogen and oxygen atoms in total. The summed E-state index contributed by atoms with van der Waals surface area (Å²) in [6.45, 7) is 5.17. The van der Waals surface area contributed by atoms with Crippen LogP contribution < -0.4 is 0 Å². The summed E-state index contributed by atoms with van der Waals surface area (Å²) in [6.07, 6.45) is 1.66. The van der Waals surface area contributed by atoms with E-state index in [1.165, 1.54) is 0 Å². The fourth-order valence-corrected chi connectivity index (χ4v) is 2.29. The highest BCUT2D eigenvalue weighted by molar-refractivity contribution is 6.31. The molecule has 0 bridgehead atoms. The standard InChI is InChI=1S/C13H24ClN3O2/c1-6-13(2,16(3)4)12(18)11-10(14)9-15-17(11)7-8-19-5/h9,12,18H,6-8H2,1-5H3. The first kappa shape index (κ1) is 16.4. The Bertz CT molecular complexity index is 409. The van der Waals surface area contributed by atoms with Gasteiger partial charge in [-0.15, -0.1) is 0 Å². The first-order valence-corrected chi connectivity index (χ1v) is 6.81. The van der Waals surface area contributed by atoms with Crippen LogP contribution in [-0.2, 0) is 11.3 Å². The predicted octanol–water partition coefficient (Wildman–Crippen LogP) is 1.95. The van der Waals surface area contributed by atoms with E-state index in [1.54, 1.807) is 18.0 Å². The van der Waals surface area contributed by atoms with Crippen LogP contribution in [0.25, 0.3) is 0 Å². The van der Waals surface area contributed by atoms with Crippen LogP contribution in [0.1, 0.15) is 32.1 Å². The molecule has 0 aromatic carbocycles. The highest BCUT2D eigenvalue weighted by atomic mass is 35.5. The Balaban J connectivity index is 3.10. The Morgan fingerprint density at radius 3 is 2.68 bits per heavy atom. The van der Waals surface area contributed by atoms with E-state index >= 15 is 0 Å². The van der Waals surface area contributed by atoms with Crippen molar-refractivity contribution in [3.8, 4) is 0 Å². The molecule has 2 unspecified atom stereocenters. The number of methoxy groups -OCH3 is 1. The Labute approximate surface area is 120 Å². The van der Waals surface area contributed by atoms with Gasteiger partial charge in [-0.05, 0) is 27.4 Å². The highest BCUT2D eigenvalue weighted by Crippen LogP contribution is 2.35. The van der Waals surface area contributed by atoms with E-state index < -0.39 is 11.6 Å². The fraction of sp³-hybridized carbons (Fsp3) is 0.769. The number of halogens is 1. The van der Waals surface area contributed by atoms with E-state index in [1.807, 2.05) is 32.8 Å². The number of hydrogen-bond donors (Lipinski definition) is 1. The van der Waals surface area contributed by atoms with Gasteiger partial charge in [-0.25, -0.2) is 0 Å². The summed E-state index contributed by atoms with van der Waals surface area (Å²) in [5.74, 6) is 0. The average Bonchev–Trinajstić information content (AvgIpc) is 2.75. The van der Waals surface area contributed by atoms with Gasteiger partial charge >= 0.3 is 0 Å². The van der Waals surface area contributed by atoms with Gasteiger partial charge in [-0.2, -0.15) is 5.10 Å². The molecule has 110 valence electrons. The van der Waals surface area contributed by atoms with Gasteiger partial charge in [-0.1, -0.05) is 18.5 Å². The number of aromatic nitrogens is 2.